The van der Waals surface area contributed by atoms with Crippen LogP contribution < -0.4 is 4.31 Å². The molecule has 1 unspecified atom stereocenters. The zero-order valence-corrected chi connectivity index (χ0v) is 16.2. The second kappa shape index (κ2) is 7.31. The first-order valence-electron chi connectivity index (χ1n) is 6.62. The van der Waals surface area contributed by atoms with Crippen LogP contribution in [-0.2, 0) is 14.8 Å². The van der Waals surface area contributed by atoms with Gasteiger partial charge in [0.1, 0.15) is 10.9 Å². The zero-order valence-electron chi connectivity index (χ0n) is 12.3. The van der Waals surface area contributed by atoms with Gasteiger partial charge in [-0.3, -0.25) is 4.31 Å². The second-order valence-electron chi connectivity index (χ2n) is 4.87. The predicted molar refractivity (Wildman–Crippen MR) is 97.4 cm³/mol. The van der Waals surface area contributed by atoms with Gasteiger partial charge in [-0.2, -0.15) is 0 Å². The number of halogens is 3. The first-order chi connectivity index (χ1) is 11.1. The minimum Gasteiger partial charge on any atom is -0.480 e. The Bertz CT molecular complexity index is 889. The number of carboxylic acids is 1. The minimum absolute atomic E-state index is 0.0445. The molecule has 0 amide bonds. The molecule has 0 aliphatic heterocycles. The van der Waals surface area contributed by atoms with E-state index in [9.17, 15) is 18.3 Å². The molecule has 24 heavy (non-hydrogen) atoms. The fourth-order valence-electron chi connectivity index (χ4n) is 2.06. The maximum Gasteiger partial charge on any atom is 0.327 e. The van der Waals surface area contributed by atoms with E-state index in [0.717, 1.165) is 4.31 Å². The van der Waals surface area contributed by atoms with Gasteiger partial charge in [-0.15, -0.1) is 0 Å². The molecule has 1 N–H and O–H groups in total. The number of hydrogen-bond donors (Lipinski definition) is 1. The molecule has 2 rings (SSSR count). The topological polar surface area (TPSA) is 74.7 Å². The highest BCUT2D eigenvalue weighted by molar-refractivity contribution is 9.10. The number of anilines is 1. The summed E-state index contributed by atoms with van der Waals surface area (Å²) in [4.78, 5) is 11.2. The van der Waals surface area contributed by atoms with E-state index >= 15 is 0 Å². The maximum atomic E-state index is 13.1. The number of hydrogen-bond acceptors (Lipinski definition) is 3. The van der Waals surface area contributed by atoms with E-state index in [-0.39, 0.29) is 20.6 Å². The lowest BCUT2D eigenvalue weighted by molar-refractivity contribution is -0.137. The van der Waals surface area contributed by atoms with Crippen LogP contribution >= 0.6 is 39.1 Å². The third-order valence-corrected chi connectivity index (χ3v) is 6.31. The van der Waals surface area contributed by atoms with E-state index in [2.05, 4.69) is 15.9 Å². The summed E-state index contributed by atoms with van der Waals surface area (Å²) in [7, 11) is -4.25. The Balaban J connectivity index is 2.70. The summed E-state index contributed by atoms with van der Waals surface area (Å²) in [5, 5.41) is 9.47. The number of rotatable bonds is 5. The van der Waals surface area contributed by atoms with Crippen molar-refractivity contribution in [3.05, 3.63) is 57.0 Å². The SMILES string of the molecule is CC(C(=O)O)N(c1cccc(Br)c1)S(=O)(=O)c1cc(Cl)ccc1Cl. The predicted octanol–water partition coefficient (Wildman–Crippen LogP) is 4.42. The molecule has 0 aliphatic rings. The highest BCUT2D eigenvalue weighted by atomic mass is 79.9. The van der Waals surface area contributed by atoms with Crippen molar-refractivity contribution < 1.29 is 18.3 Å². The van der Waals surface area contributed by atoms with Crippen LogP contribution in [0.25, 0.3) is 0 Å². The number of benzene rings is 2. The van der Waals surface area contributed by atoms with Crippen molar-refractivity contribution in [1.82, 2.24) is 0 Å². The molecule has 2 aromatic rings. The van der Waals surface area contributed by atoms with E-state index in [1.54, 1.807) is 12.1 Å². The summed E-state index contributed by atoms with van der Waals surface area (Å²) in [5.41, 5.74) is 0.190. The molecule has 1 atom stereocenters. The fourth-order valence-corrected chi connectivity index (χ4v) is 4.80. The highest BCUT2D eigenvalue weighted by Gasteiger charge is 2.34. The minimum atomic E-state index is -4.25. The molecule has 0 saturated heterocycles. The van der Waals surface area contributed by atoms with Gasteiger partial charge in [0.25, 0.3) is 10.0 Å². The largest absolute Gasteiger partial charge is 0.480 e. The number of aliphatic carboxylic acids is 1. The Morgan fingerprint density at radius 1 is 1.21 bits per heavy atom. The molecule has 2 aromatic carbocycles. The summed E-state index contributed by atoms with van der Waals surface area (Å²) in [6, 6.07) is 8.96. The van der Waals surface area contributed by atoms with Gasteiger partial charge >= 0.3 is 5.97 Å². The van der Waals surface area contributed by atoms with Gasteiger partial charge in [0, 0.05) is 9.50 Å². The van der Waals surface area contributed by atoms with Gasteiger partial charge < -0.3 is 5.11 Å². The number of carbonyl (C=O) groups is 1. The van der Waals surface area contributed by atoms with Gasteiger partial charge in [0.05, 0.1) is 10.7 Å². The van der Waals surface area contributed by atoms with Crippen molar-refractivity contribution in [3.63, 3.8) is 0 Å². The Morgan fingerprint density at radius 3 is 2.46 bits per heavy atom. The molecular weight excluding hydrogens is 441 g/mol. The van der Waals surface area contributed by atoms with Crippen LogP contribution in [0.4, 0.5) is 5.69 Å². The van der Waals surface area contributed by atoms with Gasteiger partial charge in [-0.05, 0) is 43.3 Å². The summed E-state index contributed by atoms with van der Waals surface area (Å²) in [5.74, 6) is -1.29. The van der Waals surface area contributed by atoms with Crippen LogP contribution in [0.1, 0.15) is 6.92 Å². The standard InChI is InChI=1S/C15H12BrCl2NO4S/c1-9(15(20)21)19(12-4-2-3-10(16)7-12)24(22,23)14-8-11(17)5-6-13(14)18/h2-9H,1H3,(H,20,21). The molecule has 0 heterocycles. The summed E-state index contributed by atoms with van der Waals surface area (Å²) in [6.45, 7) is 1.28. The molecule has 0 aliphatic carbocycles. The first-order valence-corrected chi connectivity index (χ1v) is 9.61. The van der Waals surface area contributed by atoms with Gasteiger partial charge in [-0.25, -0.2) is 13.2 Å². The normalized spacial score (nSPS) is 12.7. The number of carboxylic acid groups (broad SMARTS) is 1. The van der Waals surface area contributed by atoms with Crippen molar-refractivity contribution in [2.75, 3.05) is 4.31 Å². The Labute approximate surface area is 158 Å². The van der Waals surface area contributed by atoms with Crippen LogP contribution in [0.15, 0.2) is 51.8 Å². The van der Waals surface area contributed by atoms with E-state index in [0.29, 0.717) is 4.47 Å². The molecule has 5 nitrogen and oxygen atoms in total. The monoisotopic (exact) mass is 451 g/mol. The fraction of sp³-hybridized carbons (Fsp3) is 0.133. The van der Waals surface area contributed by atoms with Crippen LogP contribution in [0, 0.1) is 0 Å². The highest BCUT2D eigenvalue weighted by Crippen LogP contribution is 2.33. The second-order valence-corrected chi connectivity index (χ2v) is 8.41. The molecule has 0 bridgehead atoms. The van der Waals surface area contributed by atoms with Gasteiger partial charge in [-0.1, -0.05) is 45.2 Å². The molecular formula is C15H12BrCl2NO4S. The van der Waals surface area contributed by atoms with Crippen molar-refractivity contribution in [2.45, 2.75) is 17.9 Å². The molecule has 0 spiro atoms. The van der Waals surface area contributed by atoms with E-state index in [4.69, 9.17) is 23.2 Å². The molecule has 0 aromatic heterocycles. The van der Waals surface area contributed by atoms with Crippen molar-refractivity contribution in [2.24, 2.45) is 0 Å². The Hall–Kier alpha value is -1.28. The third-order valence-electron chi connectivity index (χ3n) is 3.20. The van der Waals surface area contributed by atoms with Crippen LogP contribution in [-0.4, -0.2) is 25.5 Å². The number of nitrogens with zero attached hydrogens (tertiary/aromatic N) is 1. The molecule has 0 fully saturated rings. The Kier molecular flexibility index (Phi) is 5.80. The smallest absolute Gasteiger partial charge is 0.327 e. The van der Waals surface area contributed by atoms with Crippen LogP contribution in [0.3, 0.4) is 0 Å². The summed E-state index contributed by atoms with van der Waals surface area (Å²) < 4.78 is 27.5. The lowest BCUT2D eigenvalue weighted by atomic mass is 10.2. The summed E-state index contributed by atoms with van der Waals surface area (Å²) >= 11 is 15.1. The maximum absolute atomic E-state index is 13.1. The molecule has 0 radical (unpaired) electrons. The quantitative estimate of drug-likeness (QED) is 0.728. The number of sulfonamides is 1. The molecule has 9 heteroatoms. The van der Waals surface area contributed by atoms with Gasteiger partial charge in [0.2, 0.25) is 0 Å². The van der Waals surface area contributed by atoms with Crippen molar-refractivity contribution >= 4 is 60.8 Å². The Morgan fingerprint density at radius 2 is 1.88 bits per heavy atom. The molecule has 0 saturated carbocycles. The zero-order chi connectivity index (χ0) is 18.1. The van der Waals surface area contributed by atoms with Gasteiger partial charge in [0.15, 0.2) is 0 Å². The average molecular weight is 453 g/mol. The van der Waals surface area contributed by atoms with Crippen LogP contribution in [0.5, 0.6) is 0 Å². The summed E-state index contributed by atoms with van der Waals surface area (Å²) in [6.07, 6.45) is 0. The van der Waals surface area contributed by atoms with Crippen LogP contribution in [0.2, 0.25) is 10.0 Å². The van der Waals surface area contributed by atoms with Crippen molar-refractivity contribution in [3.8, 4) is 0 Å². The van der Waals surface area contributed by atoms with E-state index < -0.39 is 22.0 Å². The lowest BCUT2D eigenvalue weighted by Crippen LogP contribution is -2.43. The van der Waals surface area contributed by atoms with Crippen molar-refractivity contribution in [1.29, 1.82) is 0 Å². The molecule has 128 valence electrons. The van der Waals surface area contributed by atoms with E-state index in [1.807, 2.05) is 0 Å². The third kappa shape index (κ3) is 3.85. The average Bonchev–Trinajstić information content (AvgIpc) is 2.49. The first kappa shape index (κ1) is 19.1. The van der Waals surface area contributed by atoms with E-state index in [1.165, 1.54) is 37.3 Å². The lowest BCUT2D eigenvalue weighted by Gasteiger charge is -2.28.